The van der Waals surface area contributed by atoms with Crippen molar-refractivity contribution in [2.75, 3.05) is 13.2 Å². The molecule has 3 N–H and O–H groups in total. The highest BCUT2D eigenvalue weighted by Gasteiger charge is 2.29. The van der Waals surface area contributed by atoms with Gasteiger partial charge in [-0.1, -0.05) is 0 Å². The summed E-state index contributed by atoms with van der Waals surface area (Å²) in [5.41, 5.74) is 8.31. The van der Waals surface area contributed by atoms with E-state index in [1.54, 1.807) is 0 Å². The summed E-state index contributed by atoms with van der Waals surface area (Å²) < 4.78 is 0. The molecule has 0 aromatic heterocycles. The van der Waals surface area contributed by atoms with Crippen molar-refractivity contribution < 1.29 is 4.84 Å². The maximum absolute atomic E-state index is 5.89. The molecule has 0 aromatic rings. The fraction of sp³-hybridized carbons (Fsp3) is 0.857. The summed E-state index contributed by atoms with van der Waals surface area (Å²) in [6, 6.07) is 0. The predicted octanol–water partition coefficient (Wildman–Crippen LogP) is 0.891. The van der Waals surface area contributed by atoms with Gasteiger partial charge in [0.25, 0.3) is 0 Å². The zero-order valence-corrected chi connectivity index (χ0v) is 9.50. The summed E-state index contributed by atoms with van der Waals surface area (Å²) in [6.07, 6.45) is 0.891. The van der Waals surface area contributed by atoms with Crippen LogP contribution >= 0.6 is 24.8 Å². The van der Waals surface area contributed by atoms with Crippen molar-refractivity contribution >= 4 is 30.6 Å². The van der Waals surface area contributed by atoms with Gasteiger partial charge in [-0.3, -0.25) is 15.3 Å². The fourth-order valence-electron chi connectivity index (χ4n) is 0.988. The van der Waals surface area contributed by atoms with Gasteiger partial charge >= 0.3 is 0 Å². The van der Waals surface area contributed by atoms with E-state index < -0.39 is 0 Å². The molecule has 0 radical (unpaired) electrons. The van der Waals surface area contributed by atoms with Crippen LogP contribution in [0.15, 0.2) is 4.99 Å². The summed E-state index contributed by atoms with van der Waals surface area (Å²) in [7, 11) is 0. The first kappa shape index (κ1) is 15.4. The highest BCUT2D eigenvalue weighted by molar-refractivity contribution is 5.91. The average molecular weight is 230 g/mol. The van der Waals surface area contributed by atoms with Gasteiger partial charge in [0, 0.05) is 6.54 Å². The number of hydrogen-bond acceptors (Lipinski definition) is 4. The Morgan fingerprint density at radius 3 is 2.62 bits per heavy atom. The Hall–Kier alpha value is -0.0300. The smallest absolute Gasteiger partial charge is 0.140 e. The van der Waals surface area contributed by atoms with E-state index in [0.717, 1.165) is 18.8 Å². The Morgan fingerprint density at radius 1 is 1.62 bits per heavy atom. The maximum Gasteiger partial charge on any atom is 0.140 e. The number of aliphatic imine (C=N–C) groups is 1. The lowest BCUT2D eigenvalue weighted by Gasteiger charge is -2.20. The molecule has 1 atom stereocenters. The molecular formula is C7H17Cl2N3O. The molecular weight excluding hydrogens is 213 g/mol. The number of rotatable bonds is 2. The molecule has 80 valence electrons. The van der Waals surface area contributed by atoms with Crippen molar-refractivity contribution in [2.24, 2.45) is 10.7 Å². The Labute approximate surface area is 91.1 Å². The Bertz CT molecular complexity index is 173. The maximum atomic E-state index is 5.89. The molecule has 1 aliphatic rings. The van der Waals surface area contributed by atoms with E-state index in [-0.39, 0.29) is 30.4 Å². The lowest BCUT2D eigenvalue weighted by atomic mass is 10.0. The van der Waals surface area contributed by atoms with Crippen molar-refractivity contribution in [1.82, 2.24) is 5.48 Å². The molecule has 1 heterocycles. The van der Waals surface area contributed by atoms with Crippen molar-refractivity contribution in [3.63, 3.8) is 0 Å². The zero-order valence-electron chi connectivity index (χ0n) is 7.87. The molecule has 0 aromatic carbocycles. The highest BCUT2D eigenvalue weighted by atomic mass is 35.5. The molecule has 0 bridgehead atoms. The molecule has 0 amide bonds. The summed E-state index contributed by atoms with van der Waals surface area (Å²) in [5.74, 6) is 0.763. The van der Waals surface area contributed by atoms with Gasteiger partial charge in [0.15, 0.2) is 0 Å². The van der Waals surface area contributed by atoms with Crippen molar-refractivity contribution in [2.45, 2.75) is 25.8 Å². The van der Waals surface area contributed by atoms with Crippen LogP contribution in [0.5, 0.6) is 0 Å². The van der Waals surface area contributed by atoms with E-state index in [4.69, 9.17) is 10.6 Å². The standard InChI is InChI=1S/C7H15N3O.2ClH/c1-3-11-10-6-7(2,8)4-5-9-6;;/h3-5,8H2,1-2H3,(H,9,10);2*1H. The molecule has 1 aliphatic heterocycles. The van der Waals surface area contributed by atoms with Crippen molar-refractivity contribution in [1.29, 1.82) is 0 Å². The van der Waals surface area contributed by atoms with E-state index in [1.165, 1.54) is 0 Å². The average Bonchev–Trinajstić information content (AvgIpc) is 2.25. The van der Waals surface area contributed by atoms with Gasteiger partial charge in [-0.25, -0.2) is 0 Å². The zero-order chi connectivity index (χ0) is 8.32. The molecule has 1 rings (SSSR count). The van der Waals surface area contributed by atoms with Crippen LogP contribution in [0.4, 0.5) is 0 Å². The first-order valence-corrected chi connectivity index (χ1v) is 3.88. The summed E-state index contributed by atoms with van der Waals surface area (Å²) in [4.78, 5) is 9.17. The second-order valence-electron chi connectivity index (χ2n) is 2.93. The van der Waals surface area contributed by atoms with E-state index in [2.05, 4.69) is 10.5 Å². The number of hydrogen-bond donors (Lipinski definition) is 2. The number of nitrogens with two attached hydrogens (primary N) is 1. The number of nitrogens with zero attached hydrogens (tertiary/aromatic N) is 1. The predicted molar refractivity (Wildman–Crippen MR) is 58.8 cm³/mol. The molecule has 0 saturated heterocycles. The lowest BCUT2D eigenvalue weighted by molar-refractivity contribution is 0.0931. The Kier molecular flexibility index (Phi) is 7.64. The van der Waals surface area contributed by atoms with Crippen LogP contribution in [0, 0.1) is 0 Å². The van der Waals surface area contributed by atoms with Crippen LogP contribution in [-0.4, -0.2) is 24.5 Å². The fourth-order valence-corrected chi connectivity index (χ4v) is 0.988. The van der Waals surface area contributed by atoms with Crippen LogP contribution < -0.4 is 11.2 Å². The number of hydroxylamine groups is 1. The van der Waals surface area contributed by atoms with Gasteiger partial charge in [-0.15, -0.1) is 24.8 Å². The Morgan fingerprint density at radius 2 is 2.23 bits per heavy atom. The molecule has 0 fully saturated rings. The van der Waals surface area contributed by atoms with E-state index in [1.807, 2.05) is 13.8 Å². The molecule has 0 spiro atoms. The van der Waals surface area contributed by atoms with Gasteiger partial charge in [0.2, 0.25) is 0 Å². The summed E-state index contributed by atoms with van der Waals surface area (Å²) in [6.45, 7) is 5.28. The van der Waals surface area contributed by atoms with Crippen molar-refractivity contribution in [3.8, 4) is 0 Å². The summed E-state index contributed by atoms with van der Waals surface area (Å²) >= 11 is 0. The number of nitrogens with one attached hydrogen (secondary N) is 1. The van der Waals surface area contributed by atoms with E-state index in [9.17, 15) is 0 Å². The van der Waals surface area contributed by atoms with Gasteiger partial charge in [-0.2, -0.15) is 0 Å². The molecule has 13 heavy (non-hydrogen) atoms. The third kappa shape index (κ3) is 4.13. The first-order valence-electron chi connectivity index (χ1n) is 3.88. The van der Waals surface area contributed by atoms with E-state index in [0.29, 0.717) is 6.61 Å². The number of amidine groups is 1. The van der Waals surface area contributed by atoms with E-state index >= 15 is 0 Å². The van der Waals surface area contributed by atoms with Crippen LogP contribution in [-0.2, 0) is 4.84 Å². The van der Waals surface area contributed by atoms with Gasteiger partial charge < -0.3 is 5.73 Å². The van der Waals surface area contributed by atoms with Gasteiger partial charge in [0.05, 0.1) is 12.1 Å². The second-order valence-corrected chi connectivity index (χ2v) is 2.93. The molecule has 0 aliphatic carbocycles. The lowest BCUT2D eigenvalue weighted by Crippen LogP contribution is -2.48. The van der Waals surface area contributed by atoms with Gasteiger partial charge in [0.1, 0.15) is 5.84 Å². The Balaban J connectivity index is 0. The monoisotopic (exact) mass is 229 g/mol. The van der Waals surface area contributed by atoms with Crippen LogP contribution in [0.3, 0.4) is 0 Å². The normalized spacial score (nSPS) is 25.6. The first-order chi connectivity index (χ1) is 5.17. The van der Waals surface area contributed by atoms with Crippen molar-refractivity contribution in [3.05, 3.63) is 0 Å². The van der Waals surface area contributed by atoms with Crippen LogP contribution in [0.1, 0.15) is 20.3 Å². The minimum Gasteiger partial charge on any atom is -0.319 e. The topological polar surface area (TPSA) is 59.6 Å². The minimum absolute atomic E-state index is 0. The highest BCUT2D eigenvalue weighted by Crippen LogP contribution is 2.13. The summed E-state index contributed by atoms with van der Waals surface area (Å²) in [5, 5.41) is 0. The molecule has 0 saturated carbocycles. The molecule has 1 unspecified atom stereocenters. The molecule has 6 heteroatoms. The third-order valence-electron chi connectivity index (χ3n) is 1.76. The quantitative estimate of drug-likeness (QED) is 0.692. The third-order valence-corrected chi connectivity index (χ3v) is 1.76. The van der Waals surface area contributed by atoms with Crippen LogP contribution in [0.2, 0.25) is 0 Å². The second kappa shape index (κ2) is 6.43. The van der Waals surface area contributed by atoms with Crippen LogP contribution in [0.25, 0.3) is 0 Å². The minimum atomic E-state index is -0.324. The largest absolute Gasteiger partial charge is 0.319 e. The van der Waals surface area contributed by atoms with Gasteiger partial charge in [-0.05, 0) is 20.3 Å². The SMILES string of the molecule is CCONC1=NCCC1(C)N.Cl.Cl. The number of halogens is 2. The molecule has 4 nitrogen and oxygen atoms in total.